The van der Waals surface area contributed by atoms with Crippen LogP contribution in [-0.2, 0) is 9.53 Å². The van der Waals surface area contributed by atoms with Gasteiger partial charge in [-0.1, -0.05) is 18.2 Å². The molecular formula is C22H28N2O5. The normalized spacial score (nSPS) is 14.3. The van der Waals surface area contributed by atoms with Gasteiger partial charge in [0.2, 0.25) is 0 Å². The van der Waals surface area contributed by atoms with Crippen LogP contribution in [-0.4, -0.2) is 52.0 Å². The van der Waals surface area contributed by atoms with Crippen LogP contribution in [0.2, 0.25) is 0 Å². The number of amides is 1. The smallest absolute Gasteiger partial charge is 0.268 e. The molecule has 156 valence electrons. The molecule has 7 nitrogen and oxygen atoms in total. The Morgan fingerprint density at radius 1 is 1.03 bits per heavy atom. The van der Waals surface area contributed by atoms with Crippen LogP contribution in [0.25, 0.3) is 0 Å². The Labute approximate surface area is 171 Å². The van der Waals surface area contributed by atoms with E-state index in [9.17, 15) is 4.79 Å². The molecule has 0 aliphatic carbocycles. The minimum atomic E-state index is -1.07. The van der Waals surface area contributed by atoms with E-state index in [0.29, 0.717) is 36.1 Å². The number of hydrogen-bond acceptors (Lipinski definition) is 6. The Balaban J connectivity index is 1.88. The highest BCUT2D eigenvalue weighted by molar-refractivity contribution is 6.00. The molecular weight excluding hydrogens is 372 g/mol. The second-order valence-electron chi connectivity index (χ2n) is 7.20. The second-order valence-corrected chi connectivity index (χ2v) is 7.20. The van der Waals surface area contributed by atoms with Crippen molar-refractivity contribution in [3.63, 3.8) is 0 Å². The Bertz CT molecular complexity index is 833. The Kier molecular flexibility index (Phi) is 6.49. The summed E-state index contributed by atoms with van der Waals surface area (Å²) in [5.74, 6) is 1.52. The van der Waals surface area contributed by atoms with E-state index in [1.807, 2.05) is 36.4 Å². The molecule has 29 heavy (non-hydrogen) atoms. The first-order valence-corrected chi connectivity index (χ1v) is 9.59. The summed E-state index contributed by atoms with van der Waals surface area (Å²) in [6, 6.07) is 12.9. The summed E-state index contributed by atoms with van der Waals surface area (Å²) in [4.78, 5) is 15.2. The van der Waals surface area contributed by atoms with Crippen LogP contribution >= 0.6 is 0 Å². The van der Waals surface area contributed by atoms with E-state index in [1.54, 1.807) is 34.1 Å². The number of carbonyl (C=O) groups is 1. The second kappa shape index (κ2) is 9.05. The standard InChI is InChI=1S/C22H28N2O5/c1-22(2,29-16-8-6-5-7-9-16)21(25)23-17-14-19(26-3)20(27-4)15-18(17)24-10-12-28-13-11-24/h5-9,14-15H,10-13H2,1-4H3,(H,23,25). The summed E-state index contributed by atoms with van der Waals surface area (Å²) >= 11 is 0. The molecule has 1 amide bonds. The number of anilines is 2. The van der Waals surface area contributed by atoms with E-state index in [1.165, 1.54) is 0 Å². The first kappa shape index (κ1) is 20.8. The molecule has 2 aromatic carbocycles. The molecule has 1 heterocycles. The van der Waals surface area contributed by atoms with E-state index in [2.05, 4.69) is 10.2 Å². The molecule has 7 heteroatoms. The van der Waals surface area contributed by atoms with Crippen molar-refractivity contribution in [1.82, 2.24) is 0 Å². The third kappa shape index (κ3) is 4.92. The Hall–Kier alpha value is -2.93. The molecule has 1 N–H and O–H groups in total. The van der Waals surface area contributed by atoms with Gasteiger partial charge in [-0.05, 0) is 26.0 Å². The van der Waals surface area contributed by atoms with Crippen LogP contribution < -0.4 is 24.4 Å². The summed E-state index contributed by atoms with van der Waals surface area (Å²) in [6.45, 7) is 6.19. The number of benzene rings is 2. The van der Waals surface area contributed by atoms with E-state index >= 15 is 0 Å². The molecule has 1 aliphatic heterocycles. The SMILES string of the molecule is COc1cc(NC(=O)C(C)(C)Oc2ccccc2)c(N2CCOCC2)cc1OC. The van der Waals surface area contributed by atoms with Gasteiger partial charge in [-0.15, -0.1) is 0 Å². The summed E-state index contributed by atoms with van der Waals surface area (Å²) in [5, 5.41) is 3.01. The van der Waals surface area contributed by atoms with Gasteiger partial charge in [-0.3, -0.25) is 4.79 Å². The van der Waals surface area contributed by atoms with Gasteiger partial charge >= 0.3 is 0 Å². The summed E-state index contributed by atoms with van der Waals surface area (Å²) in [5.41, 5.74) is 0.422. The maximum absolute atomic E-state index is 13.1. The molecule has 1 saturated heterocycles. The number of morpholine rings is 1. The Morgan fingerprint density at radius 2 is 1.66 bits per heavy atom. The number of para-hydroxylation sites is 1. The molecule has 1 aliphatic rings. The molecule has 2 aromatic rings. The quantitative estimate of drug-likeness (QED) is 0.769. The van der Waals surface area contributed by atoms with Crippen LogP contribution in [0.1, 0.15) is 13.8 Å². The van der Waals surface area contributed by atoms with Gasteiger partial charge in [0, 0.05) is 25.2 Å². The maximum atomic E-state index is 13.1. The van der Waals surface area contributed by atoms with E-state index < -0.39 is 5.60 Å². The molecule has 0 unspecified atom stereocenters. The number of ether oxygens (including phenoxy) is 4. The van der Waals surface area contributed by atoms with Gasteiger partial charge in [0.25, 0.3) is 5.91 Å². The summed E-state index contributed by atoms with van der Waals surface area (Å²) < 4.78 is 22.3. The molecule has 1 fully saturated rings. The fourth-order valence-corrected chi connectivity index (χ4v) is 3.14. The first-order chi connectivity index (χ1) is 13.9. The minimum absolute atomic E-state index is 0.261. The topological polar surface area (TPSA) is 69.3 Å². The highest BCUT2D eigenvalue weighted by Crippen LogP contribution is 2.39. The molecule has 0 aromatic heterocycles. The van der Waals surface area contributed by atoms with Crippen LogP contribution in [0.3, 0.4) is 0 Å². The van der Waals surface area contributed by atoms with Crippen molar-refractivity contribution in [3.05, 3.63) is 42.5 Å². The molecule has 0 radical (unpaired) electrons. The predicted molar refractivity (Wildman–Crippen MR) is 112 cm³/mol. The van der Waals surface area contributed by atoms with E-state index in [4.69, 9.17) is 18.9 Å². The number of hydrogen-bond donors (Lipinski definition) is 1. The van der Waals surface area contributed by atoms with Crippen molar-refractivity contribution in [3.8, 4) is 17.2 Å². The molecule has 0 saturated carbocycles. The van der Waals surface area contributed by atoms with Crippen LogP contribution in [0.4, 0.5) is 11.4 Å². The third-order valence-electron chi connectivity index (χ3n) is 4.76. The summed E-state index contributed by atoms with van der Waals surface area (Å²) in [7, 11) is 3.16. The predicted octanol–water partition coefficient (Wildman–Crippen LogP) is 3.34. The van der Waals surface area contributed by atoms with Crippen molar-refractivity contribution in [2.75, 3.05) is 50.7 Å². The van der Waals surface area contributed by atoms with E-state index in [0.717, 1.165) is 18.8 Å². The zero-order chi connectivity index (χ0) is 20.9. The first-order valence-electron chi connectivity index (χ1n) is 9.59. The van der Waals surface area contributed by atoms with Gasteiger partial charge < -0.3 is 29.2 Å². The summed E-state index contributed by atoms with van der Waals surface area (Å²) in [6.07, 6.45) is 0. The van der Waals surface area contributed by atoms with Gasteiger partial charge in [0.1, 0.15) is 5.75 Å². The average Bonchev–Trinajstić information content (AvgIpc) is 2.74. The van der Waals surface area contributed by atoms with Crippen LogP contribution in [0.15, 0.2) is 42.5 Å². The molecule has 0 atom stereocenters. The Morgan fingerprint density at radius 3 is 2.28 bits per heavy atom. The number of nitrogens with one attached hydrogen (secondary N) is 1. The van der Waals surface area contributed by atoms with Crippen molar-refractivity contribution in [2.24, 2.45) is 0 Å². The van der Waals surface area contributed by atoms with Gasteiger partial charge in [-0.25, -0.2) is 0 Å². The van der Waals surface area contributed by atoms with Crippen molar-refractivity contribution in [2.45, 2.75) is 19.4 Å². The number of rotatable bonds is 7. The number of nitrogens with zero attached hydrogens (tertiary/aromatic N) is 1. The third-order valence-corrected chi connectivity index (χ3v) is 4.76. The fourth-order valence-electron chi connectivity index (χ4n) is 3.14. The minimum Gasteiger partial charge on any atom is -0.493 e. The fraction of sp³-hybridized carbons (Fsp3) is 0.409. The number of methoxy groups -OCH3 is 2. The van der Waals surface area contributed by atoms with Crippen LogP contribution in [0.5, 0.6) is 17.2 Å². The van der Waals surface area contributed by atoms with Gasteiger partial charge in [0.05, 0.1) is 38.8 Å². The number of carbonyl (C=O) groups excluding carboxylic acids is 1. The van der Waals surface area contributed by atoms with Crippen molar-refractivity contribution < 1.29 is 23.7 Å². The lowest BCUT2D eigenvalue weighted by molar-refractivity contribution is -0.128. The lowest BCUT2D eigenvalue weighted by atomic mass is 10.1. The monoisotopic (exact) mass is 400 g/mol. The highest BCUT2D eigenvalue weighted by Gasteiger charge is 2.31. The van der Waals surface area contributed by atoms with Gasteiger partial charge in [-0.2, -0.15) is 0 Å². The largest absolute Gasteiger partial charge is 0.493 e. The zero-order valence-electron chi connectivity index (χ0n) is 17.4. The van der Waals surface area contributed by atoms with Crippen molar-refractivity contribution >= 4 is 17.3 Å². The van der Waals surface area contributed by atoms with Gasteiger partial charge in [0.15, 0.2) is 17.1 Å². The molecule has 3 rings (SSSR count). The van der Waals surface area contributed by atoms with Crippen molar-refractivity contribution in [1.29, 1.82) is 0 Å². The highest BCUT2D eigenvalue weighted by atomic mass is 16.5. The zero-order valence-corrected chi connectivity index (χ0v) is 17.4. The molecule has 0 spiro atoms. The van der Waals surface area contributed by atoms with Crippen LogP contribution in [0, 0.1) is 0 Å². The average molecular weight is 400 g/mol. The lowest BCUT2D eigenvalue weighted by Crippen LogP contribution is -2.43. The lowest BCUT2D eigenvalue weighted by Gasteiger charge is -2.32. The maximum Gasteiger partial charge on any atom is 0.268 e. The van der Waals surface area contributed by atoms with E-state index in [-0.39, 0.29) is 5.91 Å². The molecule has 0 bridgehead atoms.